The average Bonchev–Trinajstić information content (AvgIpc) is 2.27. The fourth-order valence-electron chi connectivity index (χ4n) is 1.64. The number of hydrogen-bond donors (Lipinski definition) is 1. The highest BCUT2D eigenvalue weighted by Gasteiger charge is 2.13. The first-order valence-electron chi connectivity index (χ1n) is 5.91. The minimum atomic E-state index is -2.80. The van der Waals surface area contributed by atoms with Crippen LogP contribution in [0.5, 0.6) is 0 Å². The summed E-state index contributed by atoms with van der Waals surface area (Å²) in [4.78, 5) is 2.29. The van der Waals surface area contributed by atoms with Crippen molar-refractivity contribution in [2.24, 2.45) is 0 Å². The van der Waals surface area contributed by atoms with Crippen molar-refractivity contribution >= 4 is 9.84 Å². The maximum atomic E-state index is 11.2. The van der Waals surface area contributed by atoms with E-state index < -0.39 is 9.84 Å². The van der Waals surface area contributed by atoms with Gasteiger partial charge in [0.05, 0.1) is 5.75 Å². The minimum Gasteiger partial charge on any atom is -0.304 e. The van der Waals surface area contributed by atoms with Gasteiger partial charge in [0.25, 0.3) is 0 Å². The van der Waals surface area contributed by atoms with Gasteiger partial charge >= 0.3 is 0 Å². The summed E-state index contributed by atoms with van der Waals surface area (Å²) in [5, 5.41) is 2.18. The van der Waals surface area contributed by atoms with E-state index in [1.807, 2.05) is 0 Å². The molecular weight excluding hydrogens is 226 g/mol. The Bertz CT molecular complexity index is 284. The SMILES string of the molecule is CCS(=O)(=O)CCCNN1CCN(C)CC1. The molecule has 16 heavy (non-hydrogen) atoms. The largest absolute Gasteiger partial charge is 0.304 e. The van der Waals surface area contributed by atoms with E-state index in [2.05, 4.69) is 22.4 Å². The maximum Gasteiger partial charge on any atom is 0.150 e. The zero-order valence-corrected chi connectivity index (χ0v) is 11.1. The molecule has 0 bridgehead atoms. The van der Waals surface area contributed by atoms with Gasteiger partial charge < -0.3 is 4.90 Å². The molecule has 0 unspecified atom stereocenters. The zero-order valence-electron chi connectivity index (χ0n) is 10.3. The fraction of sp³-hybridized carbons (Fsp3) is 1.00. The van der Waals surface area contributed by atoms with E-state index in [0.29, 0.717) is 12.2 Å². The first-order chi connectivity index (χ1) is 7.53. The molecule has 6 heteroatoms. The van der Waals surface area contributed by atoms with Crippen LogP contribution in [-0.4, -0.2) is 69.6 Å². The highest BCUT2D eigenvalue weighted by Crippen LogP contribution is 1.96. The van der Waals surface area contributed by atoms with Crippen molar-refractivity contribution < 1.29 is 8.42 Å². The van der Waals surface area contributed by atoms with Crippen molar-refractivity contribution in [2.75, 3.05) is 51.3 Å². The Hall–Kier alpha value is -0.170. The molecule has 0 radical (unpaired) electrons. The van der Waals surface area contributed by atoms with Crippen LogP contribution in [0.3, 0.4) is 0 Å². The molecule has 1 heterocycles. The molecule has 1 aliphatic heterocycles. The molecule has 0 aliphatic carbocycles. The molecule has 0 saturated carbocycles. The van der Waals surface area contributed by atoms with Gasteiger partial charge in [-0.2, -0.15) is 0 Å². The van der Waals surface area contributed by atoms with Crippen LogP contribution in [0.15, 0.2) is 0 Å². The highest BCUT2D eigenvalue weighted by molar-refractivity contribution is 7.91. The van der Waals surface area contributed by atoms with E-state index in [1.165, 1.54) is 0 Å². The topological polar surface area (TPSA) is 52.7 Å². The number of hydrazine groups is 1. The van der Waals surface area contributed by atoms with Crippen LogP contribution in [0.2, 0.25) is 0 Å². The van der Waals surface area contributed by atoms with Gasteiger partial charge in [0, 0.05) is 38.5 Å². The van der Waals surface area contributed by atoms with E-state index in [0.717, 1.165) is 32.7 Å². The van der Waals surface area contributed by atoms with E-state index in [9.17, 15) is 8.42 Å². The number of rotatable bonds is 6. The predicted octanol–water partition coefficient (Wildman–Crippen LogP) is -0.437. The third-order valence-corrected chi connectivity index (χ3v) is 4.70. The quantitative estimate of drug-likeness (QED) is 0.647. The summed E-state index contributed by atoms with van der Waals surface area (Å²) < 4.78 is 22.5. The van der Waals surface area contributed by atoms with Crippen LogP contribution in [0, 0.1) is 0 Å². The minimum absolute atomic E-state index is 0.251. The Morgan fingerprint density at radius 2 is 1.81 bits per heavy atom. The van der Waals surface area contributed by atoms with Gasteiger partial charge in [0.1, 0.15) is 9.84 Å². The average molecular weight is 249 g/mol. The van der Waals surface area contributed by atoms with Gasteiger partial charge in [-0.15, -0.1) is 0 Å². The summed E-state index contributed by atoms with van der Waals surface area (Å²) in [6, 6.07) is 0. The lowest BCUT2D eigenvalue weighted by molar-refractivity contribution is 0.105. The van der Waals surface area contributed by atoms with Gasteiger partial charge in [-0.1, -0.05) is 6.92 Å². The second-order valence-corrected chi connectivity index (χ2v) is 6.76. The third-order valence-electron chi connectivity index (χ3n) is 2.91. The first-order valence-corrected chi connectivity index (χ1v) is 7.73. The second-order valence-electron chi connectivity index (χ2n) is 4.29. The zero-order chi connectivity index (χ0) is 12.0. The molecule has 96 valence electrons. The fourth-order valence-corrected chi connectivity index (χ4v) is 2.51. The van der Waals surface area contributed by atoms with Gasteiger partial charge in [-0.25, -0.2) is 13.4 Å². The number of nitrogens with one attached hydrogen (secondary N) is 1. The summed E-state index contributed by atoms with van der Waals surface area (Å²) in [7, 11) is -0.682. The first kappa shape index (κ1) is 13.9. The van der Waals surface area contributed by atoms with Crippen molar-refractivity contribution in [3.8, 4) is 0 Å². The van der Waals surface area contributed by atoms with Crippen molar-refractivity contribution in [3.63, 3.8) is 0 Å². The van der Waals surface area contributed by atoms with Gasteiger partial charge in [0.15, 0.2) is 0 Å². The van der Waals surface area contributed by atoms with Crippen molar-refractivity contribution in [3.05, 3.63) is 0 Å². The lowest BCUT2D eigenvalue weighted by Crippen LogP contribution is -2.51. The molecule has 0 aromatic carbocycles. The molecule has 1 rings (SSSR count). The van der Waals surface area contributed by atoms with E-state index in [-0.39, 0.29) is 5.75 Å². The number of hydrogen-bond acceptors (Lipinski definition) is 5. The standard InChI is InChI=1S/C10H23N3O2S/c1-3-16(14,15)10-4-5-11-13-8-6-12(2)7-9-13/h11H,3-10H2,1-2H3. The molecule has 1 saturated heterocycles. The number of sulfone groups is 1. The molecule has 0 spiro atoms. The molecule has 1 aliphatic rings. The summed E-state index contributed by atoms with van der Waals surface area (Å²) in [6.45, 7) is 6.61. The van der Waals surface area contributed by atoms with E-state index in [4.69, 9.17) is 0 Å². The normalized spacial score (nSPS) is 20.1. The van der Waals surface area contributed by atoms with E-state index in [1.54, 1.807) is 6.92 Å². The number of likely N-dealkylation sites (N-methyl/N-ethyl adjacent to an activating group) is 1. The Morgan fingerprint density at radius 1 is 1.19 bits per heavy atom. The summed E-state index contributed by atoms with van der Waals surface area (Å²) in [5.41, 5.74) is 3.28. The third kappa shape index (κ3) is 5.25. The Kier molecular flexibility index (Phi) is 5.68. The number of piperazine rings is 1. The van der Waals surface area contributed by atoms with Gasteiger partial charge in [0.2, 0.25) is 0 Å². The molecule has 0 atom stereocenters. The van der Waals surface area contributed by atoms with Crippen LogP contribution >= 0.6 is 0 Å². The molecule has 0 amide bonds. The van der Waals surface area contributed by atoms with Crippen LogP contribution in [0.1, 0.15) is 13.3 Å². The molecule has 0 aromatic heterocycles. The Labute approximate surface area is 98.7 Å². The summed E-state index contributed by atoms with van der Waals surface area (Å²) >= 11 is 0. The Morgan fingerprint density at radius 3 is 2.38 bits per heavy atom. The molecule has 0 aromatic rings. The Balaban J connectivity index is 2.08. The van der Waals surface area contributed by atoms with Crippen molar-refractivity contribution in [1.29, 1.82) is 0 Å². The van der Waals surface area contributed by atoms with Crippen LogP contribution < -0.4 is 5.43 Å². The lowest BCUT2D eigenvalue weighted by atomic mass is 10.4. The van der Waals surface area contributed by atoms with Gasteiger partial charge in [-0.3, -0.25) is 5.43 Å². The molecular formula is C10H23N3O2S. The maximum absolute atomic E-state index is 11.2. The summed E-state index contributed by atoms with van der Waals surface area (Å²) in [5.74, 6) is 0.547. The lowest BCUT2D eigenvalue weighted by Gasteiger charge is -2.32. The second kappa shape index (κ2) is 6.54. The molecule has 1 fully saturated rings. The van der Waals surface area contributed by atoms with Crippen LogP contribution in [0.25, 0.3) is 0 Å². The molecule has 5 nitrogen and oxygen atoms in total. The number of nitrogens with zero attached hydrogens (tertiary/aromatic N) is 2. The predicted molar refractivity (Wildman–Crippen MR) is 66.0 cm³/mol. The van der Waals surface area contributed by atoms with Crippen LogP contribution in [-0.2, 0) is 9.84 Å². The molecule has 1 N–H and O–H groups in total. The van der Waals surface area contributed by atoms with Crippen molar-refractivity contribution in [1.82, 2.24) is 15.3 Å². The monoisotopic (exact) mass is 249 g/mol. The van der Waals surface area contributed by atoms with Crippen molar-refractivity contribution in [2.45, 2.75) is 13.3 Å². The highest BCUT2D eigenvalue weighted by atomic mass is 32.2. The van der Waals surface area contributed by atoms with E-state index >= 15 is 0 Å². The smallest absolute Gasteiger partial charge is 0.150 e. The van der Waals surface area contributed by atoms with Crippen LogP contribution in [0.4, 0.5) is 0 Å². The summed E-state index contributed by atoms with van der Waals surface area (Å²) in [6.07, 6.45) is 0.697. The van der Waals surface area contributed by atoms with Gasteiger partial charge in [-0.05, 0) is 13.5 Å².